The number of rotatable bonds is 9. The number of aromatic nitrogens is 7. The van der Waals surface area contributed by atoms with Crippen molar-refractivity contribution in [3.8, 4) is 22.8 Å². The van der Waals surface area contributed by atoms with E-state index in [-0.39, 0.29) is 12.2 Å². The van der Waals surface area contributed by atoms with Gasteiger partial charge in [-0.15, -0.1) is 0 Å². The van der Waals surface area contributed by atoms with Crippen molar-refractivity contribution in [2.24, 2.45) is 7.05 Å². The number of nitrogens with one attached hydrogen (secondary N) is 2. The minimum Gasteiger partial charge on any atom is -0.492 e. The molecule has 0 bridgehead atoms. The van der Waals surface area contributed by atoms with Crippen LogP contribution in [0.1, 0.15) is 23.7 Å². The van der Waals surface area contributed by atoms with Gasteiger partial charge in [0.2, 0.25) is 0 Å². The summed E-state index contributed by atoms with van der Waals surface area (Å²) in [7, 11) is 3.30. The Morgan fingerprint density at radius 2 is 1.85 bits per heavy atom. The summed E-state index contributed by atoms with van der Waals surface area (Å²) in [5, 5.41) is 10.6. The van der Waals surface area contributed by atoms with Crippen molar-refractivity contribution < 1.29 is 9.53 Å². The molecule has 0 saturated carbocycles. The zero-order chi connectivity index (χ0) is 27.4. The van der Waals surface area contributed by atoms with Crippen LogP contribution in [0.2, 0.25) is 0 Å². The number of ether oxygens (including phenoxy) is 1. The molecule has 1 aromatic carbocycles. The molecule has 5 aromatic rings. The van der Waals surface area contributed by atoms with Gasteiger partial charge >= 0.3 is 5.69 Å². The van der Waals surface area contributed by atoms with Crippen LogP contribution in [0.25, 0.3) is 17.1 Å². The number of para-hydroxylation sites is 1. The van der Waals surface area contributed by atoms with E-state index >= 15 is 0 Å². The lowest BCUT2D eigenvalue weighted by atomic mass is 10.1. The molecule has 0 spiro atoms. The van der Waals surface area contributed by atoms with E-state index in [4.69, 9.17) is 4.74 Å². The minimum atomic E-state index is -0.448. The third-order valence-electron chi connectivity index (χ3n) is 5.82. The van der Waals surface area contributed by atoms with E-state index in [0.717, 1.165) is 0 Å². The first kappa shape index (κ1) is 25.3. The number of methoxy groups -OCH3 is 1. The molecule has 0 aliphatic carbocycles. The van der Waals surface area contributed by atoms with Gasteiger partial charge in [-0.1, -0.05) is 25.1 Å². The van der Waals surface area contributed by atoms with Gasteiger partial charge in [-0.25, -0.2) is 19.7 Å². The smallest absolute Gasteiger partial charge is 0.354 e. The van der Waals surface area contributed by atoms with Crippen molar-refractivity contribution in [1.82, 2.24) is 34.3 Å². The summed E-state index contributed by atoms with van der Waals surface area (Å²) in [6, 6.07) is 14.3. The van der Waals surface area contributed by atoms with Crippen molar-refractivity contribution in [1.29, 1.82) is 0 Å². The number of carbonyl (C=O) groups is 1. The van der Waals surface area contributed by atoms with Gasteiger partial charge in [0.1, 0.15) is 18.0 Å². The molecule has 0 saturated heterocycles. The molecular weight excluding hydrogens is 498 g/mol. The largest absolute Gasteiger partial charge is 0.492 e. The van der Waals surface area contributed by atoms with E-state index < -0.39 is 5.69 Å². The van der Waals surface area contributed by atoms with Crippen LogP contribution >= 0.6 is 0 Å². The Hall–Kier alpha value is -5.39. The van der Waals surface area contributed by atoms with Crippen molar-refractivity contribution in [2.75, 3.05) is 17.7 Å². The van der Waals surface area contributed by atoms with Gasteiger partial charge in [-0.05, 0) is 24.3 Å². The SMILES string of the molecule is CCC(=O)c1cnc(Nc2ccn(-c3ccccc3)c(=O)n2)cc1Nc1nccc(-c2ncn(C)n2)c1OC. The number of hydrogen-bond donors (Lipinski definition) is 2. The Kier molecular flexibility index (Phi) is 7.08. The number of aryl methyl sites for hydroxylation is 1. The number of hydrogen-bond acceptors (Lipinski definition) is 10. The van der Waals surface area contributed by atoms with Crippen molar-refractivity contribution in [3.05, 3.63) is 89.5 Å². The first-order chi connectivity index (χ1) is 19.0. The minimum absolute atomic E-state index is 0.110. The lowest BCUT2D eigenvalue weighted by Gasteiger charge is -2.16. The highest BCUT2D eigenvalue weighted by Gasteiger charge is 2.19. The highest BCUT2D eigenvalue weighted by molar-refractivity contribution is 6.02. The van der Waals surface area contributed by atoms with E-state index in [1.807, 2.05) is 30.3 Å². The van der Waals surface area contributed by atoms with Gasteiger partial charge in [-0.2, -0.15) is 10.1 Å². The van der Waals surface area contributed by atoms with Crippen LogP contribution in [0.4, 0.5) is 23.1 Å². The Bertz CT molecular complexity index is 1700. The second-order valence-corrected chi connectivity index (χ2v) is 8.42. The number of anilines is 4. The molecule has 12 nitrogen and oxygen atoms in total. The van der Waals surface area contributed by atoms with Crippen LogP contribution in [-0.2, 0) is 7.05 Å². The van der Waals surface area contributed by atoms with Gasteiger partial charge in [0.05, 0.1) is 29.6 Å². The second-order valence-electron chi connectivity index (χ2n) is 8.42. The number of pyridine rings is 2. The topological polar surface area (TPSA) is 142 Å². The molecule has 0 unspecified atom stereocenters. The van der Waals surface area contributed by atoms with E-state index in [0.29, 0.717) is 51.5 Å². The summed E-state index contributed by atoms with van der Waals surface area (Å²) in [5.41, 5.74) is 1.72. The fraction of sp³-hybridized carbons (Fsp3) is 0.148. The van der Waals surface area contributed by atoms with Crippen LogP contribution in [0.5, 0.6) is 5.75 Å². The summed E-state index contributed by atoms with van der Waals surface area (Å²) in [5.74, 6) is 1.82. The molecule has 0 aliphatic heterocycles. The maximum absolute atomic E-state index is 12.7. The van der Waals surface area contributed by atoms with Gasteiger partial charge in [0.15, 0.2) is 23.2 Å². The van der Waals surface area contributed by atoms with Gasteiger partial charge in [0, 0.05) is 38.1 Å². The zero-order valence-corrected chi connectivity index (χ0v) is 21.5. The van der Waals surface area contributed by atoms with E-state index in [9.17, 15) is 9.59 Å². The number of carbonyl (C=O) groups excluding carboxylic acids is 1. The van der Waals surface area contributed by atoms with Crippen LogP contribution in [-0.4, -0.2) is 47.2 Å². The molecule has 12 heteroatoms. The second kappa shape index (κ2) is 10.9. The molecule has 0 aliphatic rings. The number of ketones is 1. The summed E-state index contributed by atoms with van der Waals surface area (Å²) >= 11 is 0. The summed E-state index contributed by atoms with van der Waals surface area (Å²) in [6.45, 7) is 1.77. The monoisotopic (exact) mass is 523 g/mol. The molecule has 0 fully saturated rings. The molecular formula is C27H25N9O3. The highest BCUT2D eigenvalue weighted by Crippen LogP contribution is 2.36. The van der Waals surface area contributed by atoms with Crippen molar-refractivity contribution in [3.63, 3.8) is 0 Å². The van der Waals surface area contributed by atoms with E-state index in [2.05, 4.69) is 35.7 Å². The van der Waals surface area contributed by atoms with Gasteiger partial charge in [0.25, 0.3) is 0 Å². The molecule has 5 rings (SSSR count). The number of nitrogens with zero attached hydrogens (tertiary/aromatic N) is 7. The predicted molar refractivity (Wildman–Crippen MR) is 146 cm³/mol. The Balaban J connectivity index is 1.48. The Morgan fingerprint density at radius 1 is 1.03 bits per heavy atom. The Labute approximate surface area is 223 Å². The summed E-state index contributed by atoms with van der Waals surface area (Å²) in [4.78, 5) is 42.6. The average Bonchev–Trinajstić information content (AvgIpc) is 3.39. The number of Topliss-reactive ketones (excluding diaryl/α,β-unsaturated/α-hetero) is 1. The third kappa shape index (κ3) is 5.34. The zero-order valence-electron chi connectivity index (χ0n) is 21.5. The fourth-order valence-electron chi connectivity index (χ4n) is 3.94. The van der Waals surface area contributed by atoms with Crippen LogP contribution in [0.15, 0.2) is 78.2 Å². The maximum atomic E-state index is 12.7. The molecule has 0 amide bonds. The van der Waals surface area contributed by atoms with Crippen molar-refractivity contribution in [2.45, 2.75) is 13.3 Å². The molecule has 4 aromatic heterocycles. The van der Waals surface area contributed by atoms with Crippen LogP contribution < -0.4 is 21.1 Å². The quantitative estimate of drug-likeness (QED) is 0.273. The van der Waals surface area contributed by atoms with Gasteiger partial charge < -0.3 is 15.4 Å². The van der Waals surface area contributed by atoms with E-state index in [1.54, 1.807) is 55.6 Å². The lowest BCUT2D eigenvalue weighted by molar-refractivity contribution is 0.0988. The maximum Gasteiger partial charge on any atom is 0.354 e. The third-order valence-corrected chi connectivity index (χ3v) is 5.82. The molecule has 39 heavy (non-hydrogen) atoms. The van der Waals surface area contributed by atoms with Crippen molar-refractivity contribution >= 4 is 28.9 Å². The molecule has 0 atom stereocenters. The standard InChI is InChI=1S/C27H25N9O3/c1-4-21(37)19-15-29-23(32-22-11-13-36(27(38)33-22)17-8-6-5-7-9-17)14-20(19)31-26-24(39-3)18(10-12-28-26)25-30-16-35(2)34-25/h5-16H,4H2,1-3H3,(H2,28,29,31,32,33,38). The molecule has 2 N–H and O–H groups in total. The number of benzene rings is 1. The molecule has 196 valence electrons. The van der Waals surface area contributed by atoms with Gasteiger partial charge in [-0.3, -0.25) is 14.0 Å². The first-order valence-corrected chi connectivity index (χ1v) is 12.1. The van der Waals surface area contributed by atoms with E-state index in [1.165, 1.54) is 17.9 Å². The average molecular weight is 524 g/mol. The molecule has 4 heterocycles. The predicted octanol–water partition coefficient (Wildman–Crippen LogP) is 3.91. The highest BCUT2D eigenvalue weighted by atomic mass is 16.5. The normalized spacial score (nSPS) is 10.7. The van der Waals surface area contributed by atoms with Crippen LogP contribution in [0.3, 0.4) is 0 Å². The van der Waals surface area contributed by atoms with Crippen LogP contribution in [0, 0.1) is 0 Å². The molecule has 0 radical (unpaired) electrons. The fourth-order valence-corrected chi connectivity index (χ4v) is 3.94. The lowest BCUT2D eigenvalue weighted by Crippen LogP contribution is -2.21. The first-order valence-electron chi connectivity index (χ1n) is 12.1. The summed E-state index contributed by atoms with van der Waals surface area (Å²) < 4.78 is 8.68. The summed E-state index contributed by atoms with van der Waals surface area (Å²) in [6.07, 6.45) is 6.58. The Morgan fingerprint density at radius 3 is 2.54 bits per heavy atom.